The van der Waals surface area contributed by atoms with E-state index in [1.165, 1.54) is 19.8 Å². The Hall–Kier alpha value is -1.84. The molecule has 0 aromatic heterocycles. The van der Waals surface area contributed by atoms with Crippen LogP contribution < -0.4 is 10.2 Å². The number of nitrogens with zero attached hydrogens (tertiary/aromatic N) is 1. The van der Waals surface area contributed by atoms with E-state index in [9.17, 15) is 9.59 Å². The van der Waals surface area contributed by atoms with Crippen molar-refractivity contribution in [3.63, 3.8) is 0 Å². The van der Waals surface area contributed by atoms with Gasteiger partial charge in [-0.1, -0.05) is 44.4 Å². The van der Waals surface area contributed by atoms with Gasteiger partial charge in [-0.3, -0.25) is 9.59 Å². The van der Waals surface area contributed by atoms with E-state index in [1.54, 1.807) is 0 Å². The molecule has 1 heterocycles. The summed E-state index contributed by atoms with van der Waals surface area (Å²) in [6, 6.07) is 7.19. The summed E-state index contributed by atoms with van der Waals surface area (Å²) in [4.78, 5) is 25.6. The zero-order valence-corrected chi connectivity index (χ0v) is 12.2. The Morgan fingerprint density at radius 2 is 2.00 bits per heavy atom. The lowest BCUT2D eigenvalue weighted by atomic mass is 10.1. The van der Waals surface area contributed by atoms with Crippen molar-refractivity contribution < 1.29 is 9.59 Å². The zero-order valence-electron chi connectivity index (χ0n) is 12.2. The van der Waals surface area contributed by atoms with E-state index in [-0.39, 0.29) is 11.8 Å². The number of fused-ring (bicyclic) bond motifs is 1. The molecule has 0 saturated carbocycles. The molecule has 1 aromatic rings. The van der Waals surface area contributed by atoms with Crippen molar-refractivity contribution in [3.8, 4) is 0 Å². The van der Waals surface area contributed by atoms with Gasteiger partial charge in [0.1, 0.15) is 6.04 Å². The van der Waals surface area contributed by atoms with E-state index in [4.69, 9.17) is 0 Å². The highest BCUT2D eigenvalue weighted by Gasteiger charge is 2.36. The summed E-state index contributed by atoms with van der Waals surface area (Å²) in [6.45, 7) is 4.34. The summed E-state index contributed by atoms with van der Waals surface area (Å²) < 4.78 is 0. The number of benzene rings is 1. The molecule has 0 radical (unpaired) electrons. The first-order chi connectivity index (χ1) is 9.65. The van der Waals surface area contributed by atoms with Crippen LogP contribution in [0.4, 0.5) is 5.69 Å². The van der Waals surface area contributed by atoms with Crippen molar-refractivity contribution in [1.82, 2.24) is 5.32 Å². The van der Waals surface area contributed by atoms with Crippen LogP contribution in [0.2, 0.25) is 0 Å². The lowest BCUT2D eigenvalue weighted by Gasteiger charge is -2.18. The van der Waals surface area contributed by atoms with Gasteiger partial charge in [-0.25, -0.2) is 0 Å². The van der Waals surface area contributed by atoms with Crippen molar-refractivity contribution in [2.24, 2.45) is 0 Å². The quantitative estimate of drug-likeness (QED) is 0.811. The first kappa shape index (κ1) is 14.6. The second-order valence-electron chi connectivity index (χ2n) is 5.24. The van der Waals surface area contributed by atoms with Gasteiger partial charge in [0, 0.05) is 24.7 Å². The Kier molecular flexibility index (Phi) is 4.77. The van der Waals surface area contributed by atoms with Gasteiger partial charge in [-0.15, -0.1) is 0 Å². The summed E-state index contributed by atoms with van der Waals surface area (Å²) in [7, 11) is 0. The highest BCUT2D eigenvalue weighted by atomic mass is 16.2. The third kappa shape index (κ3) is 3.00. The number of carbonyl (C=O) groups excluding carboxylic acids is 2. The molecule has 2 rings (SSSR count). The van der Waals surface area contributed by atoms with Crippen LogP contribution in [0.25, 0.3) is 0 Å². The topological polar surface area (TPSA) is 49.4 Å². The second kappa shape index (κ2) is 6.55. The van der Waals surface area contributed by atoms with Crippen molar-refractivity contribution in [1.29, 1.82) is 0 Å². The standard InChI is InChI=1S/C16H22N2O2/c1-3-4-5-8-11-18-14-10-7-6-9-13(14)15(16(18)20)17-12(2)19/h6-7,9-10,15H,3-5,8,11H2,1-2H3,(H,17,19)/t15-/m1/s1. The molecule has 0 unspecified atom stereocenters. The lowest BCUT2D eigenvalue weighted by molar-refractivity contribution is -0.126. The van der Waals surface area contributed by atoms with Gasteiger partial charge in [0.05, 0.1) is 0 Å². The van der Waals surface area contributed by atoms with Gasteiger partial charge in [0.25, 0.3) is 5.91 Å². The lowest BCUT2D eigenvalue weighted by Crippen LogP contribution is -2.37. The number of para-hydroxylation sites is 1. The Morgan fingerprint density at radius 3 is 2.70 bits per heavy atom. The van der Waals surface area contributed by atoms with E-state index >= 15 is 0 Å². The molecule has 0 aliphatic carbocycles. The van der Waals surface area contributed by atoms with Crippen LogP contribution in [-0.4, -0.2) is 18.4 Å². The second-order valence-corrected chi connectivity index (χ2v) is 5.24. The molecule has 0 bridgehead atoms. The molecule has 1 N–H and O–H groups in total. The van der Waals surface area contributed by atoms with E-state index < -0.39 is 6.04 Å². The fourth-order valence-corrected chi connectivity index (χ4v) is 2.66. The average molecular weight is 274 g/mol. The Morgan fingerprint density at radius 1 is 1.25 bits per heavy atom. The van der Waals surface area contributed by atoms with Crippen LogP contribution in [0.3, 0.4) is 0 Å². The van der Waals surface area contributed by atoms with E-state index in [1.807, 2.05) is 29.2 Å². The number of hydrogen-bond acceptors (Lipinski definition) is 2. The number of hydrogen-bond donors (Lipinski definition) is 1. The van der Waals surface area contributed by atoms with E-state index in [0.29, 0.717) is 0 Å². The molecular weight excluding hydrogens is 252 g/mol. The van der Waals surface area contributed by atoms with Gasteiger partial charge < -0.3 is 10.2 Å². The Labute approximate surface area is 120 Å². The van der Waals surface area contributed by atoms with Crippen LogP contribution in [0.1, 0.15) is 51.1 Å². The summed E-state index contributed by atoms with van der Waals surface area (Å²) >= 11 is 0. The number of nitrogens with one attached hydrogen (secondary N) is 1. The highest BCUT2D eigenvalue weighted by Crippen LogP contribution is 2.35. The van der Waals surface area contributed by atoms with Crippen molar-refractivity contribution >= 4 is 17.5 Å². The number of unbranched alkanes of at least 4 members (excludes halogenated alkanes) is 3. The molecule has 2 amide bonds. The maximum absolute atomic E-state index is 12.5. The molecule has 0 spiro atoms. The minimum atomic E-state index is -0.519. The van der Waals surface area contributed by atoms with E-state index in [0.717, 1.165) is 30.6 Å². The molecular formula is C16H22N2O2. The predicted octanol–water partition coefficient (Wildman–Crippen LogP) is 2.79. The van der Waals surface area contributed by atoms with Crippen molar-refractivity contribution in [2.75, 3.05) is 11.4 Å². The van der Waals surface area contributed by atoms with Crippen LogP contribution in [0, 0.1) is 0 Å². The van der Waals surface area contributed by atoms with Crippen LogP contribution in [-0.2, 0) is 9.59 Å². The molecule has 108 valence electrons. The first-order valence-electron chi connectivity index (χ1n) is 7.32. The highest BCUT2D eigenvalue weighted by molar-refractivity contribution is 6.06. The number of amides is 2. The molecule has 1 aromatic carbocycles. The molecule has 4 heteroatoms. The third-order valence-corrected chi connectivity index (χ3v) is 3.63. The average Bonchev–Trinajstić information content (AvgIpc) is 2.68. The first-order valence-corrected chi connectivity index (χ1v) is 7.32. The van der Waals surface area contributed by atoms with Crippen molar-refractivity contribution in [3.05, 3.63) is 29.8 Å². The summed E-state index contributed by atoms with van der Waals surface area (Å²) in [5.74, 6) is -0.191. The number of anilines is 1. The third-order valence-electron chi connectivity index (χ3n) is 3.63. The number of carbonyl (C=O) groups is 2. The van der Waals surface area contributed by atoms with Gasteiger partial charge >= 0.3 is 0 Å². The van der Waals surface area contributed by atoms with Crippen LogP contribution >= 0.6 is 0 Å². The maximum atomic E-state index is 12.5. The van der Waals surface area contributed by atoms with Gasteiger partial charge in [-0.2, -0.15) is 0 Å². The largest absolute Gasteiger partial charge is 0.341 e. The number of rotatable bonds is 6. The molecule has 4 nitrogen and oxygen atoms in total. The fourth-order valence-electron chi connectivity index (χ4n) is 2.66. The SMILES string of the molecule is CCCCCCN1C(=O)[C@H](NC(C)=O)c2ccccc21. The van der Waals surface area contributed by atoms with Gasteiger partial charge in [0.15, 0.2) is 0 Å². The summed E-state index contributed by atoms with van der Waals surface area (Å²) in [5, 5.41) is 2.75. The molecule has 0 saturated heterocycles. The van der Waals surface area contributed by atoms with Crippen molar-refractivity contribution in [2.45, 2.75) is 45.6 Å². The Balaban J connectivity index is 2.13. The van der Waals surface area contributed by atoms with Gasteiger partial charge in [-0.05, 0) is 12.5 Å². The fraction of sp³-hybridized carbons (Fsp3) is 0.500. The monoisotopic (exact) mass is 274 g/mol. The smallest absolute Gasteiger partial charge is 0.254 e. The minimum Gasteiger partial charge on any atom is -0.341 e. The normalized spacial score (nSPS) is 17.2. The predicted molar refractivity (Wildman–Crippen MR) is 79.5 cm³/mol. The minimum absolute atomic E-state index is 0.0158. The Bertz CT molecular complexity index is 499. The summed E-state index contributed by atoms with van der Waals surface area (Å²) in [6.07, 6.45) is 4.51. The summed E-state index contributed by atoms with van der Waals surface area (Å²) in [5.41, 5.74) is 1.84. The molecule has 20 heavy (non-hydrogen) atoms. The van der Waals surface area contributed by atoms with Crippen LogP contribution in [0.15, 0.2) is 24.3 Å². The molecule has 1 aliphatic rings. The molecule has 1 atom stereocenters. The zero-order chi connectivity index (χ0) is 14.5. The van der Waals surface area contributed by atoms with E-state index in [2.05, 4.69) is 12.2 Å². The maximum Gasteiger partial charge on any atom is 0.254 e. The molecule has 0 fully saturated rings. The van der Waals surface area contributed by atoms with Gasteiger partial charge in [0.2, 0.25) is 5.91 Å². The van der Waals surface area contributed by atoms with Crippen LogP contribution in [0.5, 0.6) is 0 Å². The molecule has 1 aliphatic heterocycles.